The van der Waals surface area contributed by atoms with Crippen LogP contribution in [0.15, 0.2) is 0 Å². The van der Waals surface area contributed by atoms with Crippen molar-refractivity contribution in [3.63, 3.8) is 0 Å². The molecule has 3 heteroatoms. The van der Waals surface area contributed by atoms with Gasteiger partial charge in [0, 0.05) is 19.5 Å². The van der Waals surface area contributed by atoms with Crippen LogP contribution in [-0.4, -0.2) is 11.1 Å². The zero-order valence-corrected chi connectivity index (χ0v) is 9.94. The molecule has 2 nitrogen and oxygen atoms in total. The van der Waals surface area contributed by atoms with Crippen LogP contribution in [0, 0.1) is 5.41 Å². The predicted molar refractivity (Wildman–Crippen MR) is 36.3 cm³/mol. The number of carbonyl (C=O) groups is 1. The van der Waals surface area contributed by atoms with Gasteiger partial charge in [0.2, 0.25) is 0 Å². The third-order valence-corrected chi connectivity index (χ3v) is 1.45. The van der Waals surface area contributed by atoms with Gasteiger partial charge in [-0.3, -0.25) is 4.79 Å². The van der Waals surface area contributed by atoms with Gasteiger partial charge in [-0.2, -0.15) is 0 Å². The molecule has 0 aliphatic heterocycles. The van der Waals surface area contributed by atoms with Crippen LogP contribution in [0.2, 0.25) is 0 Å². The largest absolute Gasteiger partial charge is 0.481 e. The summed E-state index contributed by atoms with van der Waals surface area (Å²) < 4.78 is 0. The molecule has 0 heterocycles. The van der Waals surface area contributed by atoms with Gasteiger partial charge in [-0.15, -0.1) is 0 Å². The maximum Gasteiger partial charge on any atom is 0.309 e. The molecule has 0 saturated heterocycles. The predicted octanol–water partition coefficient (Wildman–Crippen LogP) is 1.89. The smallest absolute Gasteiger partial charge is 0.309 e. The van der Waals surface area contributed by atoms with Crippen molar-refractivity contribution in [3.8, 4) is 0 Å². The molecule has 10 heavy (non-hydrogen) atoms. The second kappa shape index (κ2) is 4.84. The quantitative estimate of drug-likeness (QED) is 0.699. The van der Waals surface area contributed by atoms with Gasteiger partial charge in [-0.25, -0.2) is 0 Å². The second-order valence-electron chi connectivity index (χ2n) is 2.94. The fraction of sp³-hybridized carbons (Fsp3) is 0.857. The molecular formula is C7H14O2Zn. The zero-order chi connectivity index (χ0) is 7.49. The fourth-order valence-corrected chi connectivity index (χ4v) is 0.732. The number of hydrogen-bond donors (Lipinski definition) is 1. The summed E-state index contributed by atoms with van der Waals surface area (Å²) in [7, 11) is 0. The summed E-state index contributed by atoms with van der Waals surface area (Å²) >= 11 is 0. The molecule has 0 aromatic rings. The summed E-state index contributed by atoms with van der Waals surface area (Å²) in [5.74, 6) is -0.704. The van der Waals surface area contributed by atoms with Gasteiger partial charge in [0.15, 0.2) is 0 Å². The van der Waals surface area contributed by atoms with Crippen LogP contribution >= 0.6 is 0 Å². The minimum atomic E-state index is -0.704. The van der Waals surface area contributed by atoms with E-state index >= 15 is 0 Å². The molecule has 0 rings (SSSR count). The number of hydrogen-bond acceptors (Lipinski definition) is 1. The summed E-state index contributed by atoms with van der Waals surface area (Å²) in [5.41, 5.74) is -0.533. The molecule has 0 aliphatic carbocycles. The van der Waals surface area contributed by atoms with Gasteiger partial charge in [0.25, 0.3) is 0 Å². The summed E-state index contributed by atoms with van der Waals surface area (Å²) in [5, 5.41) is 8.57. The van der Waals surface area contributed by atoms with Gasteiger partial charge in [-0.05, 0) is 20.3 Å². The molecule has 1 N–H and O–H groups in total. The van der Waals surface area contributed by atoms with E-state index in [2.05, 4.69) is 0 Å². The Morgan fingerprint density at radius 3 is 2.00 bits per heavy atom. The molecule has 0 spiro atoms. The standard InChI is InChI=1S/C7H14O2.Zn/c1-4-5-7(2,3)6(8)9;/h4-5H2,1-3H3,(H,8,9);. The average Bonchev–Trinajstić information content (AvgIpc) is 1.65. The zero-order valence-electron chi connectivity index (χ0n) is 6.98. The summed E-state index contributed by atoms with van der Waals surface area (Å²) in [4.78, 5) is 10.4. The first kappa shape index (κ1) is 12.7. The number of rotatable bonds is 3. The van der Waals surface area contributed by atoms with Crippen LogP contribution in [-0.2, 0) is 24.3 Å². The molecule has 0 saturated carbocycles. The van der Waals surface area contributed by atoms with Gasteiger partial charge in [-0.1, -0.05) is 13.3 Å². The molecule has 56 valence electrons. The Morgan fingerprint density at radius 2 is 1.90 bits per heavy atom. The van der Waals surface area contributed by atoms with E-state index in [-0.39, 0.29) is 19.5 Å². The van der Waals surface area contributed by atoms with Gasteiger partial charge in [0.1, 0.15) is 0 Å². The maximum atomic E-state index is 10.4. The number of carboxylic acids is 1. The van der Waals surface area contributed by atoms with E-state index in [1.54, 1.807) is 13.8 Å². The molecule has 0 amide bonds. The molecule has 0 aromatic carbocycles. The summed E-state index contributed by atoms with van der Waals surface area (Å²) in [6.07, 6.45) is 1.68. The van der Waals surface area contributed by atoms with Crippen molar-refractivity contribution in [1.82, 2.24) is 0 Å². The second-order valence-corrected chi connectivity index (χ2v) is 2.94. The van der Waals surface area contributed by atoms with E-state index < -0.39 is 11.4 Å². The Hall–Kier alpha value is 0.0934. The molecule has 0 radical (unpaired) electrons. The van der Waals surface area contributed by atoms with E-state index in [1.165, 1.54) is 0 Å². The minimum Gasteiger partial charge on any atom is -0.481 e. The molecule has 0 unspecified atom stereocenters. The van der Waals surface area contributed by atoms with E-state index in [9.17, 15) is 4.79 Å². The number of carboxylic acid groups (broad SMARTS) is 1. The van der Waals surface area contributed by atoms with Crippen molar-refractivity contribution in [2.45, 2.75) is 33.6 Å². The SMILES string of the molecule is CCCC(C)(C)C(=O)O.[Zn]. The molecule has 0 fully saturated rings. The molecule has 0 bridgehead atoms. The van der Waals surface area contributed by atoms with Crippen molar-refractivity contribution in [2.24, 2.45) is 5.41 Å². The third kappa shape index (κ3) is 4.00. The Balaban J connectivity index is 0. The van der Waals surface area contributed by atoms with E-state index in [4.69, 9.17) is 5.11 Å². The fourth-order valence-electron chi connectivity index (χ4n) is 0.732. The number of aliphatic carboxylic acids is 1. The average molecular weight is 196 g/mol. The monoisotopic (exact) mass is 194 g/mol. The van der Waals surface area contributed by atoms with Crippen LogP contribution in [0.25, 0.3) is 0 Å². The van der Waals surface area contributed by atoms with Crippen molar-refractivity contribution in [3.05, 3.63) is 0 Å². The third-order valence-electron chi connectivity index (χ3n) is 1.45. The molecule has 0 aromatic heterocycles. The van der Waals surface area contributed by atoms with Crippen LogP contribution in [0.3, 0.4) is 0 Å². The summed E-state index contributed by atoms with van der Waals surface area (Å²) in [6.45, 7) is 5.49. The maximum absolute atomic E-state index is 10.4. The van der Waals surface area contributed by atoms with Crippen LogP contribution in [0.4, 0.5) is 0 Å². The first-order chi connectivity index (χ1) is 4.00. The first-order valence-corrected chi connectivity index (χ1v) is 3.24. The van der Waals surface area contributed by atoms with Crippen LogP contribution in [0.5, 0.6) is 0 Å². The Bertz CT molecular complexity index is 110. The normalized spacial score (nSPS) is 10.3. The Labute approximate surface area is 74.8 Å². The molecule has 0 atom stereocenters. The minimum absolute atomic E-state index is 0. The van der Waals surface area contributed by atoms with Gasteiger partial charge < -0.3 is 5.11 Å². The van der Waals surface area contributed by atoms with Crippen LogP contribution in [0.1, 0.15) is 33.6 Å². The van der Waals surface area contributed by atoms with E-state index in [1.807, 2.05) is 6.92 Å². The Morgan fingerprint density at radius 1 is 1.50 bits per heavy atom. The van der Waals surface area contributed by atoms with E-state index in [0.717, 1.165) is 12.8 Å². The van der Waals surface area contributed by atoms with Crippen LogP contribution < -0.4 is 0 Å². The van der Waals surface area contributed by atoms with Gasteiger partial charge in [0.05, 0.1) is 5.41 Å². The van der Waals surface area contributed by atoms with E-state index in [0.29, 0.717) is 0 Å². The first-order valence-electron chi connectivity index (χ1n) is 3.24. The molecule has 0 aliphatic rings. The Kier molecular flexibility index (Phi) is 6.17. The molecular weight excluding hydrogens is 181 g/mol. The topological polar surface area (TPSA) is 37.3 Å². The van der Waals surface area contributed by atoms with Crippen molar-refractivity contribution in [2.75, 3.05) is 0 Å². The van der Waals surface area contributed by atoms with Crippen molar-refractivity contribution in [1.29, 1.82) is 0 Å². The van der Waals surface area contributed by atoms with Crippen molar-refractivity contribution < 1.29 is 29.4 Å². The summed E-state index contributed by atoms with van der Waals surface area (Å²) in [6, 6.07) is 0. The van der Waals surface area contributed by atoms with Crippen molar-refractivity contribution >= 4 is 5.97 Å². The van der Waals surface area contributed by atoms with Gasteiger partial charge >= 0.3 is 5.97 Å².